The van der Waals surface area contributed by atoms with E-state index in [0.717, 1.165) is 0 Å². The molecule has 0 aromatic heterocycles. The van der Waals surface area contributed by atoms with Crippen molar-refractivity contribution in [2.45, 2.75) is 0 Å². The first-order valence-corrected chi connectivity index (χ1v) is 4.65. The topological polar surface area (TPSA) is 0 Å². The molecule has 0 aliphatic rings. The zero-order valence-corrected chi connectivity index (χ0v) is 9.58. The van der Waals surface area contributed by atoms with Crippen molar-refractivity contribution in [1.82, 2.24) is 0 Å². The zero-order chi connectivity index (χ0) is 9.12. The second-order valence-electron chi connectivity index (χ2n) is 1.06. The Morgan fingerprint density at radius 2 is 0.818 bits per heavy atom. The molecule has 0 fully saturated rings. The van der Waals surface area contributed by atoms with Crippen molar-refractivity contribution in [3.63, 3.8) is 0 Å². The molecule has 0 aliphatic heterocycles. The van der Waals surface area contributed by atoms with E-state index in [1.807, 2.05) is 0 Å². The van der Waals surface area contributed by atoms with Gasteiger partial charge in [0.2, 0.25) is 0 Å². The first kappa shape index (κ1) is 18.4. The monoisotopic (exact) mass is 252 g/mol. The molecule has 0 saturated heterocycles. The smallest absolute Gasteiger partial charge is 1.00 e. The summed E-state index contributed by atoms with van der Waals surface area (Å²) in [6.45, 7) is 0. The average Bonchev–Trinajstić information content (AvgIpc) is 1.20. The van der Waals surface area contributed by atoms with Gasteiger partial charge in [-0.15, -0.1) is 23.2 Å². The van der Waals surface area contributed by atoms with Crippen molar-refractivity contribution < 1.29 is 54.7 Å². The third kappa shape index (κ3) is 422. The van der Waals surface area contributed by atoms with E-state index in [4.69, 9.17) is 23.2 Å². The molecular weight excluding hydrogens is 251 g/mol. The van der Waals surface area contributed by atoms with Crippen molar-refractivity contribution in [2.75, 3.05) is 5.34 Å². The van der Waals surface area contributed by atoms with Crippen LogP contribution in [0.5, 0.6) is 0 Å². The summed E-state index contributed by atoms with van der Waals surface area (Å²) in [6.07, 6.45) is 0. The van der Waals surface area contributed by atoms with Crippen LogP contribution in [0.1, 0.15) is 0 Å². The molecule has 0 amide bonds. The van der Waals surface area contributed by atoms with Crippen molar-refractivity contribution in [3.05, 3.63) is 0 Å². The van der Waals surface area contributed by atoms with E-state index in [-0.39, 0.29) is 34.9 Å². The summed E-state index contributed by atoms with van der Waals surface area (Å²) in [5.41, 5.74) is 0. The maximum Gasteiger partial charge on any atom is 1.00 e. The van der Waals surface area contributed by atoms with Crippen LogP contribution in [0, 0.1) is 0 Å². The second-order valence-corrected chi connectivity index (χ2v) is 3.78. The van der Waals surface area contributed by atoms with Crippen molar-refractivity contribution >= 4 is 31.0 Å². The number of hydrogen-bond acceptors (Lipinski definition) is 0. The summed E-state index contributed by atoms with van der Waals surface area (Å²) in [5, 5.41) is 0.194. The van der Waals surface area contributed by atoms with E-state index in [0.29, 0.717) is 0 Å². The SMILES string of the molecule is ClCCl.F[P-](F)(F)(F)(F)F.[Na+]. The fourth-order valence-electron chi connectivity index (χ4n) is 0. The van der Waals surface area contributed by atoms with Crippen LogP contribution in [0.3, 0.4) is 0 Å². The van der Waals surface area contributed by atoms with E-state index in [2.05, 4.69) is 0 Å². The Hall–Kier alpha value is 1.59. The van der Waals surface area contributed by atoms with Gasteiger partial charge in [-0.2, -0.15) is 0 Å². The predicted molar refractivity (Wildman–Crippen MR) is 30.1 cm³/mol. The maximum absolute atomic E-state index is 10.7. The predicted octanol–water partition coefficient (Wildman–Crippen LogP) is 1.81. The molecule has 11 heavy (non-hydrogen) atoms. The van der Waals surface area contributed by atoms with E-state index in [1.165, 1.54) is 0 Å². The van der Waals surface area contributed by atoms with Gasteiger partial charge in [-0.3, -0.25) is 0 Å². The van der Waals surface area contributed by atoms with Crippen LogP contribution in [0.4, 0.5) is 25.2 Å². The molecular formula is CH2Cl2F6NaP. The van der Waals surface area contributed by atoms with Gasteiger partial charge in [-0.25, -0.2) is 0 Å². The van der Waals surface area contributed by atoms with Gasteiger partial charge in [0.25, 0.3) is 0 Å². The number of halogens is 8. The number of alkyl halides is 2. The molecule has 0 rings (SSSR count). The Kier molecular flexibility index (Phi) is 7.02. The fraction of sp³-hybridized carbons (Fsp3) is 1.00. The maximum atomic E-state index is 9.87. The van der Waals surface area contributed by atoms with Crippen LogP contribution in [0.25, 0.3) is 0 Å². The first-order valence-electron chi connectivity index (χ1n) is 1.55. The van der Waals surface area contributed by atoms with Crippen LogP contribution in [-0.2, 0) is 0 Å². The van der Waals surface area contributed by atoms with Crippen LogP contribution in [0.2, 0.25) is 0 Å². The van der Waals surface area contributed by atoms with Crippen LogP contribution < -0.4 is 29.6 Å². The Morgan fingerprint density at radius 3 is 0.818 bits per heavy atom. The Labute approximate surface area is 90.7 Å². The molecule has 0 nitrogen and oxygen atoms in total. The Morgan fingerprint density at radius 1 is 0.818 bits per heavy atom. The van der Waals surface area contributed by atoms with Crippen LogP contribution in [0.15, 0.2) is 0 Å². The third-order valence-electron chi connectivity index (χ3n) is 0. The van der Waals surface area contributed by atoms with E-state index >= 15 is 0 Å². The summed E-state index contributed by atoms with van der Waals surface area (Å²) in [5.74, 6) is 0. The number of hydrogen-bond donors (Lipinski definition) is 0. The van der Waals surface area contributed by atoms with Gasteiger partial charge in [-0.05, 0) is 0 Å². The van der Waals surface area contributed by atoms with Gasteiger partial charge in [0.15, 0.2) is 0 Å². The largest absolute Gasteiger partial charge is 1.00 e. The molecule has 0 N–H and O–H groups in total. The van der Waals surface area contributed by atoms with E-state index in [1.54, 1.807) is 0 Å². The van der Waals surface area contributed by atoms with Gasteiger partial charge < -0.3 is 0 Å². The number of rotatable bonds is 0. The molecule has 0 aliphatic carbocycles. The minimum Gasteiger partial charge on any atom is 1.00 e. The standard InChI is InChI=1S/CH2Cl2.F6P.Na/c2-1-3;1-7(2,3,4,5)6;/h1H2;;/q;-1;+1. The van der Waals surface area contributed by atoms with Crippen molar-refractivity contribution in [3.8, 4) is 0 Å². The second kappa shape index (κ2) is 4.20. The molecule has 0 spiro atoms. The first-order chi connectivity index (χ1) is 3.86. The quantitative estimate of drug-likeness (QED) is 0.267. The summed E-state index contributed by atoms with van der Waals surface area (Å²) in [7, 11) is -10.7. The molecule has 0 radical (unpaired) electrons. The normalized spacial score (nSPS) is 16.4. The van der Waals surface area contributed by atoms with Gasteiger partial charge >= 0.3 is 62.5 Å². The molecule has 0 bridgehead atoms. The van der Waals surface area contributed by atoms with E-state index < -0.39 is 7.81 Å². The van der Waals surface area contributed by atoms with E-state index in [9.17, 15) is 25.2 Å². The van der Waals surface area contributed by atoms with Gasteiger partial charge in [-0.1, -0.05) is 0 Å². The molecule has 0 aromatic rings. The molecule has 0 unspecified atom stereocenters. The molecule has 0 heterocycles. The zero-order valence-electron chi connectivity index (χ0n) is 5.18. The van der Waals surface area contributed by atoms with Crippen molar-refractivity contribution in [2.24, 2.45) is 0 Å². The molecule has 10 heteroatoms. The van der Waals surface area contributed by atoms with Crippen LogP contribution >= 0.6 is 31.0 Å². The fourth-order valence-corrected chi connectivity index (χ4v) is 0. The Bertz CT molecular complexity index is 89.9. The van der Waals surface area contributed by atoms with Crippen LogP contribution in [-0.4, -0.2) is 5.34 Å². The van der Waals surface area contributed by atoms with Gasteiger partial charge in [0, 0.05) is 0 Å². The molecule has 0 saturated carbocycles. The third-order valence-corrected chi connectivity index (χ3v) is 0. The molecule has 68 valence electrons. The minimum absolute atomic E-state index is 0. The van der Waals surface area contributed by atoms with Crippen molar-refractivity contribution in [1.29, 1.82) is 0 Å². The van der Waals surface area contributed by atoms with Gasteiger partial charge in [0.05, 0.1) is 5.34 Å². The molecule has 0 aromatic carbocycles. The summed E-state index contributed by atoms with van der Waals surface area (Å²) >= 11 is 9.53. The Balaban J connectivity index is -0.000000140. The summed E-state index contributed by atoms with van der Waals surface area (Å²) in [4.78, 5) is 0. The van der Waals surface area contributed by atoms with Gasteiger partial charge in [0.1, 0.15) is 0 Å². The average molecular weight is 253 g/mol. The molecule has 0 atom stereocenters. The summed E-state index contributed by atoms with van der Waals surface area (Å²) < 4.78 is 59.2. The summed E-state index contributed by atoms with van der Waals surface area (Å²) in [6, 6.07) is 0. The minimum atomic E-state index is -10.7.